The van der Waals surface area contributed by atoms with Gasteiger partial charge < -0.3 is 25.6 Å². The summed E-state index contributed by atoms with van der Waals surface area (Å²) in [5.74, 6) is -2.35. The van der Waals surface area contributed by atoms with Crippen LogP contribution in [0.3, 0.4) is 0 Å². The standard InChI is InChI=1S/C29H52N2O7/c32-24-18-14-13-17-23-30-26(33)22-21-25(29(37)38)31-27(34)19-15-11-9-7-5-3-1-2-4-6-8-10-12-16-20-28(35)36/h24-25H,1-23H2,(H,30,33)(H,31,34)(H,35,36)(H,37,38)/t25-/m0/s1. The largest absolute Gasteiger partial charge is 0.481 e. The predicted molar refractivity (Wildman–Crippen MR) is 148 cm³/mol. The number of nitrogens with one attached hydrogen (secondary N) is 2. The number of hydrogen-bond acceptors (Lipinski definition) is 5. The Morgan fingerprint density at radius 1 is 0.579 bits per heavy atom. The molecule has 0 saturated heterocycles. The number of carbonyl (C=O) groups is 5. The maximum Gasteiger partial charge on any atom is 0.326 e. The summed E-state index contributed by atoms with van der Waals surface area (Å²) in [6.07, 6.45) is 20.0. The van der Waals surface area contributed by atoms with Crippen LogP contribution in [0, 0.1) is 0 Å². The topological polar surface area (TPSA) is 150 Å². The van der Waals surface area contributed by atoms with E-state index in [1.807, 2.05) is 0 Å². The Morgan fingerprint density at radius 3 is 1.53 bits per heavy atom. The minimum atomic E-state index is -1.13. The third kappa shape index (κ3) is 25.2. The lowest BCUT2D eigenvalue weighted by atomic mass is 10.0. The van der Waals surface area contributed by atoms with Crippen LogP contribution in [0.2, 0.25) is 0 Å². The molecule has 1 atom stereocenters. The van der Waals surface area contributed by atoms with Gasteiger partial charge in [0, 0.05) is 32.2 Å². The lowest BCUT2D eigenvalue weighted by Crippen LogP contribution is -2.41. The van der Waals surface area contributed by atoms with Gasteiger partial charge in [-0.2, -0.15) is 0 Å². The Morgan fingerprint density at radius 2 is 1.05 bits per heavy atom. The summed E-state index contributed by atoms with van der Waals surface area (Å²) < 4.78 is 0. The van der Waals surface area contributed by atoms with Gasteiger partial charge in [0.15, 0.2) is 0 Å². The van der Waals surface area contributed by atoms with E-state index in [9.17, 15) is 29.1 Å². The lowest BCUT2D eigenvalue weighted by Gasteiger charge is -2.14. The van der Waals surface area contributed by atoms with E-state index in [1.54, 1.807) is 0 Å². The normalized spacial score (nSPS) is 11.6. The molecule has 220 valence electrons. The molecular formula is C29H52N2O7. The van der Waals surface area contributed by atoms with E-state index < -0.39 is 18.0 Å². The third-order valence-corrected chi connectivity index (χ3v) is 6.66. The van der Waals surface area contributed by atoms with Crippen LogP contribution in [0.5, 0.6) is 0 Å². The molecule has 0 aliphatic rings. The molecule has 38 heavy (non-hydrogen) atoms. The molecule has 2 amide bonds. The summed E-state index contributed by atoms with van der Waals surface area (Å²) in [6.45, 7) is 0.501. The fourth-order valence-electron chi connectivity index (χ4n) is 4.33. The highest BCUT2D eigenvalue weighted by molar-refractivity contribution is 5.84. The van der Waals surface area contributed by atoms with Crippen molar-refractivity contribution in [2.24, 2.45) is 0 Å². The van der Waals surface area contributed by atoms with E-state index in [0.29, 0.717) is 19.4 Å². The number of unbranched alkanes of at least 4 members (excludes halogenated alkanes) is 16. The molecule has 0 heterocycles. The van der Waals surface area contributed by atoms with Crippen LogP contribution >= 0.6 is 0 Å². The molecule has 0 rings (SSSR count). The average Bonchev–Trinajstić information content (AvgIpc) is 2.87. The summed E-state index contributed by atoms with van der Waals surface area (Å²) >= 11 is 0. The molecule has 0 radical (unpaired) electrons. The van der Waals surface area contributed by atoms with Gasteiger partial charge in [-0.3, -0.25) is 14.4 Å². The zero-order valence-electron chi connectivity index (χ0n) is 23.4. The summed E-state index contributed by atoms with van der Waals surface area (Å²) in [5.41, 5.74) is 0. The number of rotatable bonds is 28. The summed E-state index contributed by atoms with van der Waals surface area (Å²) in [7, 11) is 0. The molecule has 0 aromatic rings. The highest BCUT2D eigenvalue weighted by atomic mass is 16.4. The molecule has 0 aromatic heterocycles. The molecule has 0 bridgehead atoms. The summed E-state index contributed by atoms with van der Waals surface area (Å²) in [4.78, 5) is 56.2. The maximum atomic E-state index is 12.1. The first kappa shape index (κ1) is 35.5. The first-order valence-electron chi connectivity index (χ1n) is 14.8. The molecule has 0 aliphatic carbocycles. The average molecular weight is 541 g/mol. The number of aliphatic carboxylic acids is 2. The second kappa shape index (κ2) is 26.2. The zero-order valence-corrected chi connectivity index (χ0v) is 23.4. The van der Waals surface area contributed by atoms with Crippen molar-refractivity contribution in [1.82, 2.24) is 10.6 Å². The van der Waals surface area contributed by atoms with Gasteiger partial charge in [0.2, 0.25) is 11.8 Å². The quantitative estimate of drug-likeness (QED) is 0.0752. The number of carboxylic acids is 2. The van der Waals surface area contributed by atoms with E-state index >= 15 is 0 Å². The number of carboxylic acid groups (broad SMARTS) is 2. The van der Waals surface area contributed by atoms with Gasteiger partial charge in [-0.25, -0.2) is 4.79 Å². The number of amides is 2. The van der Waals surface area contributed by atoms with Crippen molar-refractivity contribution in [2.75, 3.05) is 6.54 Å². The van der Waals surface area contributed by atoms with Crippen molar-refractivity contribution in [3.63, 3.8) is 0 Å². The highest BCUT2D eigenvalue weighted by Crippen LogP contribution is 2.14. The molecule has 9 heteroatoms. The van der Waals surface area contributed by atoms with Crippen molar-refractivity contribution in [3.8, 4) is 0 Å². The van der Waals surface area contributed by atoms with E-state index in [0.717, 1.165) is 70.5 Å². The van der Waals surface area contributed by atoms with Crippen molar-refractivity contribution >= 4 is 30.0 Å². The van der Waals surface area contributed by atoms with Crippen LogP contribution in [-0.4, -0.2) is 52.8 Å². The fourth-order valence-corrected chi connectivity index (χ4v) is 4.33. The molecule has 0 aliphatic heterocycles. The van der Waals surface area contributed by atoms with Gasteiger partial charge in [-0.1, -0.05) is 83.5 Å². The fraction of sp³-hybridized carbons (Fsp3) is 0.828. The minimum absolute atomic E-state index is 0.0418. The molecule has 0 unspecified atom stereocenters. The van der Waals surface area contributed by atoms with Crippen LogP contribution in [-0.2, 0) is 24.0 Å². The van der Waals surface area contributed by atoms with E-state index in [-0.39, 0.29) is 31.1 Å². The second-order valence-corrected chi connectivity index (χ2v) is 10.2. The number of carbonyl (C=O) groups excluding carboxylic acids is 3. The van der Waals surface area contributed by atoms with Gasteiger partial charge in [0.1, 0.15) is 12.3 Å². The minimum Gasteiger partial charge on any atom is -0.481 e. The van der Waals surface area contributed by atoms with Crippen LogP contribution < -0.4 is 10.6 Å². The Kier molecular flexibility index (Phi) is 24.5. The van der Waals surface area contributed by atoms with Crippen molar-refractivity contribution in [1.29, 1.82) is 0 Å². The summed E-state index contributed by atoms with van der Waals surface area (Å²) in [5, 5.41) is 23.2. The highest BCUT2D eigenvalue weighted by Gasteiger charge is 2.20. The van der Waals surface area contributed by atoms with Crippen molar-refractivity contribution in [3.05, 3.63) is 0 Å². The lowest BCUT2D eigenvalue weighted by molar-refractivity contribution is -0.142. The molecule has 0 spiro atoms. The van der Waals surface area contributed by atoms with Crippen molar-refractivity contribution < 1.29 is 34.2 Å². The second-order valence-electron chi connectivity index (χ2n) is 10.2. The smallest absolute Gasteiger partial charge is 0.326 e. The maximum absolute atomic E-state index is 12.1. The molecule has 9 nitrogen and oxygen atoms in total. The Bertz CT molecular complexity index is 655. The van der Waals surface area contributed by atoms with Gasteiger partial charge in [-0.15, -0.1) is 0 Å². The van der Waals surface area contributed by atoms with Gasteiger partial charge in [-0.05, 0) is 32.1 Å². The Labute approximate surface area is 228 Å². The SMILES string of the molecule is O=CCCCCCNC(=O)CC[C@H](NC(=O)CCCCCCCCCCCCCCCCC(=O)O)C(=O)O. The Balaban J connectivity index is 3.63. The predicted octanol–water partition coefficient (Wildman–Crippen LogP) is 5.54. The van der Waals surface area contributed by atoms with E-state index in [4.69, 9.17) is 5.11 Å². The number of hydrogen-bond donors (Lipinski definition) is 4. The van der Waals surface area contributed by atoms with Crippen LogP contribution in [0.1, 0.15) is 141 Å². The van der Waals surface area contributed by atoms with Gasteiger partial charge >= 0.3 is 11.9 Å². The molecule has 4 N–H and O–H groups in total. The van der Waals surface area contributed by atoms with Gasteiger partial charge in [0.05, 0.1) is 0 Å². The first-order valence-corrected chi connectivity index (χ1v) is 14.8. The molecular weight excluding hydrogens is 488 g/mol. The zero-order chi connectivity index (χ0) is 28.3. The molecule has 0 aromatic carbocycles. The number of aldehydes is 1. The summed E-state index contributed by atoms with van der Waals surface area (Å²) in [6, 6.07) is -1.06. The van der Waals surface area contributed by atoms with E-state index in [1.165, 1.54) is 44.9 Å². The monoisotopic (exact) mass is 540 g/mol. The first-order chi connectivity index (χ1) is 18.4. The van der Waals surface area contributed by atoms with Gasteiger partial charge in [0.25, 0.3) is 0 Å². The van der Waals surface area contributed by atoms with E-state index in [2.05, 4.69) is 10.6 Å². The van der Waals surface area contributed by atoms with Crippen LogP contribution in [0.25, 0.3) is 0 Å². The molecule has 0 saturated carbocycles. The Hall–Kier alpha value is -2.45. The van der Waals surface area contributed by atoms with Crippen molar-refractivity contribution in [2.45, 2.75) is 147 Å². The molecule has 0 fully saturated rings. The van der Waals surface area contributed by atoms with Crippen LogP contribution in [0.15, 0.2) is 0 Å². The van der Waals surface area contributed by atoms with Crippen LogP contribution in [0.4, 0.5) is 0 Å². The third-order valence-electron chi connectivity index (χ3n) is 6.66.